The number of aliphatic hydroxyl groups is 1. The molecule has 0 aromatic heterocycles. The van der Waals surface area contributed by atoms with Gasteiger partial charge in [0.15, 0.2) is 0 Å². The predicted octanol–water partition coefficient (Wildman–Crippen LogP) is 1.51. The Morgan fingerprint density at radius 1 is 1.60 bits per heavy atom. The van der Waals surface area contributed by atoms with Crippen LogP contribution in [-0.4, -0.2) is 11.4 Å². The van der Waals surface area contributed by atoms with E-state index in [9.17, 15) is 4.79 Å². The Morgan fingerprint density at radius 3 is 3.10 bits per heavy atom. The lowest BCUT2D eigenvalue weighted by molar-refractivity contribution is -0.104. The molecule has 1 aliphatic carbocycles. The molecule has 0 amide bonds. The molecule has 0 bridgehead atoms. The first-order valence-corrected chi connectivity index (χ1v) is 3.04. The van der Waals surface area contributed by atoms with Gasteiger partial charge in [0.2, 0.25) is 0 Å². The summed E-state index contributed by atoms with van der Waals surface area (Å²) in [5, 5.41) is 9.00. The lowest BCUT2D eigenvalue weighted by Gasteiger charge is -1.89. The first-order valence-electron chi connectivity index (χ1n) is 3.04. The van der Waals surface area contributed by atoms with Crippen molar-refractivity contribution in [2.75, 3.05) is 0 Å². The summed E-state index contributed by atoms with van der Waals surface area (Å²) in [6.07, 6.45) is 7.90. The molecule has 1 aliphatic rings. The molecule has 0 radical (unpaired) electrons. The van der Waals surface area contributed by atoms with Gasteiger partial charge in [0, 0.05) is 12.0 Å². The summed E-state index contributed by atoms with van der Waals surface area (Å²) in [5.74, 6) is 0.229. The van der Waals surface area contributed by atoms with E-state index < -0.39 is 0 Å². The molecule has 0 atom stereocenters. The van der Waals surface area contributed by atoms with Crippen LogP contribution in [0.15, 0.2) is 35.6 Å². The average Bonchev–Trinajstić information content (AvgIpc) is 2.13. The monoisotopic (exact) mass is 136 g/mol. The van der Waals surface area contributed by atoms with Gasteiger partial charge in [0.05, 0.1) is 5.76 Å². The molecule has 1 rings (SSSR count). The van der Waals surface area contributed by atoms with Gasteiger partial charge >= 0.3 is 0 Å². The van der Waals surface area contributed by atoms with Crippen LogP contribution in [-0.2, 0) is 4.79 Å². The largest absolute Gasteiger partial charge is 0.512 e. The van der Waals surface area contributed by atoms with Crippen molar-refractivity contribution in [3.63, 3.8) is 0 Å². The fraction of sp³-hybridized carbons (Fsp3) is 0.125. The van der Waals surface area contributed by atoms with Gasteiger partial charge in [0.1, 0.15) is 6.29 Å². The maximum absolute atomic E-state index is 10.2. The van der Waals surface area contributed by atoms with E-state index in [-0.39, 0.29) is 5.76 Å². The first-order chi connectivity index (χ1) is 4.83. The molecule has 52 valence electrons. The zero-order chi connectivity index (χ0) is 7.40. The van der Waals surface area contributed by atoms with Gasteiger partial charge in [0.25, 0.3) is 0 Å². The number of aldehydes is 1. The van der Waals surface area contributed by atoms with Crippen LogP contribution in [0.3, 0.4) is 0 Å². The van der Waals surface area contributed by atoms with E-state index in [2.05, 4.69) is 0 Å². The number of hydrogen-bond donors (Lipinski definition) is 1. The Morgan fingerprint density at radius 2 is 2.40 bits per heavy atom. The first kappa shape index (κ1) is 6.81. The molecule has 0 aliphatic heterocycles. The van der Waals surface area contributed by atoms with Gasteiger partial charge in [-0.25, -0.2) is 0 Å². The number of hydrogen-bond acceptors (Lipinski definition) is 2. The Labute approximate surface area is 59.2 Å². The Bertz CT molecular complexity index is 221. The molecule has 0 spiro atoms. The standard InChI is InChI=1S/C8H8O2/c9-6-7-3-1-2-4-8(10)5-7/h1-3,5-6,10H,4H2. The van der Waals surface area contributed by atoms with Crippen molar-refractivity contribution in [3.05, 3.63) is 35.6 Å². The van der Waals surface area contributed by atoms with E-state index in [1.54, 1.807) is 18.2 Å². The van der Waals surface area contributed by atoms with Crippen molar-refractivity contribution in [1.82, 2.24) is 0 Å². The molecule has 2 heteroatoms. The van der Waals surface area contributed by atoms with E-state index in [1.165, 1.54) is 6.08 Å². The molecule has 0 unspecified atom stereocenters. The van der Waals surface area contributed by atoms with Gasteiger partial charge in [-0.3, -0.25) is 4.79 Å². The van der Waals surface area contributed by atoms with Crippen molar-refractivity contribution in [1.29, 1.82) is 0 Å². The maximum Gasteiger partial charge on any atom is 0.150 e. The minimum atomic E-state index is 0.229. The third-order valence-corrected chi connectivity index (χ3v) is 1.22. The van der Waals surface area contributed by atoms with Crippen molar-refractivity contribution in [2.45, 2.75) is 6.42 Å². The zero-order valence-electron chi connectivity index (χ0n) is 5.45. The van der Waals surface area contributed by atoms with E-state index in [0.29, 0.717) is 18.3 Å². The van der Waals surface area contributed by atoms with Crippen molar-refractivity contribution < 1.29 is 9.90 Å². The summed E-state index contributed by atoms with van der Waals surface area (Å²) >= 11 is 0. The Kier molecular flexibility index (Phi) is 2.05. The summed E-state index contributed by atoms with van der Waals surface area (Å²) in [4.78, 5) is 10.2. The van der Waals surface area contributed by atoms with Crippen LogP contribution in [0.2, 0.25) is 0 Å². The second-order valence-electron chi connectivity index (χ2n) is 2.05. The summed E-state index contributed by atoms with van der Waals surface area (Å²) in [5.41, 5.74) is 0.506. The maximum atomic E-state index is 10.2. The molecule has 1 N–H and O–H groups in total. The fourth-order valence-corrected chi connectivity index (χ4v) is 0.741. The molecule has 0 aromatic rings. The molecule has 0 fully saturated rings. The van der Waals surface area contributed by atoms with Crippen molar-refractivity contribution >= 4 is 6.29 Å². The fourth-order valence-electron chi connectivity index (χ4n) is 0.741. The second kappa shape index (κ2) is 3.01. The molecular formula is C8H8O2. The molecule has 2 nitrogen and oxygen atoms in total. The Balaban J connectivity index is 2.88. The van der Waals surface area contributed by atoms with E-state index >= 15 is 0 Å². The topological polar surface area (TPSA) is 37.3 Å². The van der Waals surface area contributed by atoms with Crippen LogP contribution in [0.4, 0.5) is 0 Å². The summed E-state index contributed by atoms with van der Waals surface area (Å²) in [6, 6.07) is 0. The van der Waals surface area contributed by atoms with Gasteiger partial charge < -0.3 is 5.11 Å². The minimum Gasteiger partial charge on any atom is -0.512 e. The summed E-state index contributed by atoms with van der Waals surface area (Å²) in [6.45, 7) is 0. The van der Waals surface area contributed by atoms with Crippen LogP contribution in [0.5, 0.6) is 0 Å². The highest BCUT2D eigenvalue weighted by Gasteiger charge is 1.95. The van der Waals surface area contributed by atoms with Crippen LogP contribution in [0.1, 0.15) is 6.42 Å². The summed E-state index contributed by atoms with van der Waals surface area (Å²) < 4.78 is 0. The third kappa shape index (κ3) is 1.58. The highest BCUT2D eigenvalue weighted by Crippen LogP contribution is 2.07. The quantitative estimate of drug-likeness (QED) is 0.555. The number of aliphatic hydroxyl groups excluding tert-OH is 1. The van der Waals surface area contributed by atoms with Crippen molar-refractivity contribution in [3.8, 4) is 0 Å². The molecule has 0 saturated carbocycles. The highest BCUT2D eigenvalue weighted by molar-refractivity contribution is 5.78. The van der Waals surface area contributed by atoms with Gasteiger partial charge in [-0.1, -0.05) is 18.2 Å². The van der Waals surface area contributed by atoms with Crippen LogP contribution in [0, 0.1) is 0 Å². The number of rotatable bonds is 1. The molecular weight excluding hydrogens is 128 g/mol. The van der Waals surface area contributed by atoms with Gasteiger partial charge in [-0.2, -0.15) is 0 Å². The molecule has 0 saturated heterocycles. The van der Waals surface area contributed by atoms with Gasteiger partial charge in [-0.05, 0) is 6.08 Å². The average molecular weight is 136 g/mol. The predicted molar refractivity (Wildman–Crippen MR) is 38.6 cm³/mol. The lowest BCUT2D eigenvalue weighted by atomic mass is 10.2. The van der Waals surface area contributed by atoms with Crippen molar-refractivity contribution in [2.24, 2.45) is 0 Å². The number of carbonyl (C=O) groups excluding carboxylic acids is 1. The van der Waals surface area contributed by atoms with Crippen LogP contribution >= 0.6 is 0 Å². The second-order valence-corrected chi connectivity index (χ2v) is 2.05. The molecule has 10 heavy (non-hydrogen) atoms. The third-order valence-electron chi connectivity index (χ3n) is 1.22. The van der Waals surface area contributed by atoms with Gasteiger partial charge in [-0.15, -0.1) is 0 Å². The molecule has 0 aromatic carbocycles. The molecule has 0 heterocycles. The summed E-state index contributed by atoms with van der Waals surface area (Å²) in [7, 11) is 0. The zero-order valence-corrected chi connectivity index (χ0v) is 5.45. The normalized spacial score (nSPS) is 17.2. The number of carbonyl (C=O) groups is 1. The SMILES string of the molecule is O=CC1=CC=CCC(O)=C1. The van der Waals surface area contributed by atoms with Crippen LogP contribution < -0.4 is 0 Å². The van der Waals surface area contributed by atoms with E-state index in [1.807, 2.05) is 0 Å². The smallest absolute Gasteiger partial charge is 0.150 e. The highest BCUT2D eigenvalue weighted by atomic mass is 16.3. The Hall–Kier alpha value is -1.31. The number of allylic oxidation sites excluding steroid dienone is 5. The van der Waals surface area contributed by atoms with E-state index in [0.717, 1.165) is 0 Å². The van der Waals surface area contributed by atoms with Crippen LogP contribution in [0.25, 0.3) is 0 Å². The minimum absolute atomic E-state index is 0.229. The van der Waals surface area contributed by atoms with E-state index in [4.69, 9.17) is 5.11 Å². The lowest BCUT2D eigenvalue weighted by Crippen LogP contribution is -1.80.